The second-order valence-corrected chi connectivity index (χ2v) is 9.43. The van der Waals surface area contributed by atoms with E-state index in [2.05, 4.69) is 23.5 Å². The molecule has 1 aromatic carbocycles. The summed E-state index contributed by atoms with van der Waals surface area (Å²) in [7, 11) is -3.05. The topological polar surface area (TPSA) is 46.2 Å². The molecule has 0 aliphatic carbocycles. The summed E-state index contributed by atoms with van der Waals surface area (Å²) in [5.41, 5.74) is 1.29. The molecule has 1 aliphatic rings. The van der Waals surface area contributed by atoms with E-state index in [0.717, 1.165) is 12.2 Å². The van der Waals surface area contributed by atoms with Gasteiger partial charge in [-0.05, 0) is 37.7 Å². The number of fused-ring (bicyclic) bond motifs is 1. The van der Waals surface area contributed by atoms with Crippen LogP contribution in [0.2, 0.25) is 0 Å². The SMILES string of the molecule is CC(C)(CNC1CCSc2ccccc21)S(C)(=O)=O. The minimum absolute atomic E-state index is 0.262. The van der Waals surface area contributed by atoms with Crippen LogP contribution in [0.15, 0.2) is 29.2 Å². The van der Waals surface area contributed by atoms with Gasteiger partial charge in [-0.2, -0.15) is 0 Å². The summed E-state index contributed by atoms with van der Waals surface area (Å²) in [6, 6.07) is 8.62. The maximum atomic E-state index is 11.7. The average molecular weight is 299 g/mol. The number of sulfone groups is 1. The Morgan fingerprint density at radius 2 is 2.05 bits per heavy atom. The highest BCUT2D eigenvalue weighted by Gasteiger charge is 2.31. The Labute approximate surface area is 120 Å². The first kappa shape index (κ1) is 14.9. The summed E-state index contributed by atoms with van der Waals surface area (Å²) in [6.07, 6.45) is 2.35. The Hall–Kier alpha value is -0.520. The third-order valence-electron chi connectivity index (χ3n) is 3.74. The molecule has 3 nitrogen and oxygen atoms in total. The van der Waals surface area contributed by atoms with Gasteiger partial charge in [0.05, 0.1) is 4.75 Å². The van der Waals surface area contributed by atoms with E-state index in [1.807, 2.05) is 17.8 Å². The van der Waals surface area contributed by atoms with E-state index < -0.39 is 14.6 Å². The molecule has 0 aromatic heterocycles. The highest BCUT2D eigenvalue weighted by atomic mass is 32.2. The van der Waals surface area contributed by atoms with E-state index in [-0.39, 0.29) is 6.04 Å². The predicted molar refractivity (Wildman–Crippen MR) is 81.4 cm³/mol. The second kappa shape index (κ2) is 5.46. The standard InChI is InChI=1S/C14H21NO2S2/c1-14(2,19(3,16)17)10-15-12-8-9-18-13-7-5-4-6-11(12)13/h4-7,12,15H,8-10H2,1-3H3. The molecular formula is C14H21NO2S2. The fourth-order valence-corrected chi connectivity index (χ4v) is 3.52. The van der Waals surface area contributed by atoms with Gasteiger partial charge in [0.25, 0.3) is 0 Å². The molecule has 0 saturated carbocycles. The fourth-order valence-electron chi connectivity index (χ4n) is 2.05. The molecule has 0 radical (unpaired) electrons. The first-order chi connectivity index (χ1) is 8.81. The van der Waals surface area contributed by atoms with Gasteiger partial charge in [-0.1, -0.05) is 18.2 Å². The summed E-state index contributed by atoms with van der Waals surface area (Å²) >= 11 is 1.87. The summed E-state index contributed by atoms with van der Waals surface area (Å²) in [6.45, 7) is 4.03. The Kier molecular flexibility index (Phi) is 4.28. The number of nitrogens with one attached hydrogen (secondary N) is 1. The van der Waals surface area contributed by atoms with Crippen LogP contribution < -0.4 is 5.32 Å². The van der Waals surface area contributed by atoms with Crippen molar-refractivity contribution in [1.82, 2.24) is 5.32 Å². The van der Waals surface area contributed by atoms with Crippen LogP contribution in [-0.4, -0.2) is 31.7 Å². The van der Waals surface area contributed by atoms with E-state index in [1.54, 1.807) is 13.8 Å². The van der Waals surface area contributed by atoms with Gasteiger partial charge < -0.3 is 5.32 Å². The Morgan fingerprint density at radius 3 is 2.74 bits per heavy atom. The minimum Gasteiger partial charge on any atom is -0.308 e. The van der Waals surface area contributed by atoms with Crippen molar-refractivity contribution in [2.45, 2.75) is 36.0 Å². The maximum absolute atomic E-state index is 11.7. The lowest BCUT2D eigenvalue weighted by molar-refractivity contribution is 0.459. The first-order valence-corrected chi connectivity index (χ1v) is 9.34. The number of hydrogen-bond acceptors (Lipinski definition) is 4. The molecule has 0 saturated heterocycles. The molecule has 2 rings (SSSR count). The largest absolute Gasteiger partial charge is 0.308 e. The molecule has 0 fully saturated rings. The molecule has 1 heterocycles. The van der Waals surface area contributed by atoms with Crippen molar-refractivity contribution in [3.63, 3.8) is 0 Å². The van der Waals surface area contributed by atoms with Gasteiger partial charge in [0, 0.05) is 23.7 Å². The zero-order chi connectivity index (χ0) is 14.1. The monoisotopic (exact) mass is 299 g/mol. The van der Waals surface area contributed by atoms with Crippen LogP contribution in [0, 0.1) is 0 Å². The number of rotatable bonds is 4. The molecular weight excluding hydrogens is 278 g/mol. The molecule has 0 spiro atoms. The molecule has 1 unspecified atom stereocenters. The summed E-state index contributed by atoms with van der Waals surface area (Å²) < 4.78 is 22.7. The molecule has 1 atom stereocenters. The number of benzene rings is 1. The van der Waals surface area contributed by atoms with Gasteiger partial charge >= 0.3 is 0 Å². The van der Waals surface area contributed by atoms with E-state index in [1.165, 1.54) is 16.7 Å². The summed E-state index contributed by atoms with van der Waals surface area (Å²) in [5, 5.41) is 3.43. The molecule has 0 bridgehead atoms. The zero-order valence-corrected chi connectivity index (χ0v) is 13.3. The highest BCUT2D eigenvalue weighted by Crippen LogP contribution is 2.36. The van der Waals surface area contributed by atoms with Crippen LogP contribution in [0.1, 0.15) is 31.9 Å². The predicted octanol–water partition coefficient (Wildman–Crippen LogP) is 2.64. The van der Waals surface area contributed by atoms with E-state index >= 15 is 0 Å². The van der Waals surface area contributed by atoms with Crippen molar-refractivity contribution >= 4 is 21.6 Å². The van der Waals surface area contributed by atoms with Crippen molar-refractivity contribution in [3.8, 4) is 0 Å². The quantitative estimate of drug-likeness (QED) is 0.928. The lowest BCUT2D eigenvalue weighted by atomic mass is 10.0. The highest BCUT2D eigenvalue weighted by molar-refractivity contribution is 7.99. The van der Waals surface area contributed by atoms with Crippen LogP contribution in [0.25, 0.3) is 0 Å². The van der Waals surface area contributed by atoms with Gasteiger partial charge in [-0.25, -0.2) is 8.42 Å². The molecule has 5 heteroatoms. The second-order valence-electron chi connectivity index (χ2n) is 5.64. The third-order valence-corrected chi connectivity index (χ3v) is 7.01. The lowest BCUT2D eigenvalue weighted by Gasteiger charge is -2.30. The van der Waals surface area contributed by atoms with Crippen molar-refractivity contribution in [2.24, 2.45) is 0 Å². The first-order valence-electron chi connectivity index (χ1n) is 6.46. The smallest absolute Gasteiger partial charge is 0.153 e. The minimum atomic E-state index is -3.05. The van der Waals surface area contributed by atoms with Crippen LogP contribution in [0.3, 0.4) is 0 Å². The van der Waals surface area contributed by atoms with Crippen LogP contribution >= 0.6 is 11.8 Å². The molecule has 1 N–H and O–H groups in total. The van der Waals surface area contributed by atoms with Crippen LogP contribution in [-0.2, 0) is 9.84 Å². The van der Waals surface area contributed by atoms with Gasteiger partial charge in [0.2, 0.25) is 0 Å². The van der Waals surface area contributed by atoms with Crippen LogP contribution in [0.4, 0.5) is 0 Å². The third kappa shape index (κ3) is 3.33. The molecule has 19 heavy (non-hydrogen) atoms. The number of hydrogen-bond donors (Lipinski definition) is 1. The Bertz CT molecular complexity index is 552. The van der Waals surface area contributed by atoms with Crippen molar-refractivity contribution in [2.75, 3.05) is 18.6 Å². The van der Waals surface area contributed by atoms with E-state index in [0.29, 0.717) is 6.54 Å². The van der Waals surface area contributed by atoms with E-state index in [9.17, 15) is 8.42 Å². The molecule has 1 aromatic rings. The number of thioether (sulfide) groups is 1. The van der Waals surface area contributed by atoms with Crippen molar-refractivity contribution in [3.05, 3.63) is 29.8 Å². The van der Waals surface area contributed by atoms with E-state index in [4.69, 9.17) is 0 Å². The van der Waals surface area contributed by atoms with Gasteiger partial charge in [0.1, 0.15) is 0 Å². The maximum Gasteiger partial charge on any atom is 0.153 e. The van der Waals surface area contributed by atoms with Gasteiger partial charge in [-0.15, -0.1) is 11.8 Å². The van der Waals surface area contributed by atoms with Gasteiger partial charge in [0.15, 0.2) is 9.84 Å². The average Bonchev–Trinajstić information content (AvgIpc) is 2.35. The Balaban J connectivity index is 2.10. The molecule has 106 valence electrons. The summed E-state index contributed by atoms with van der Waals surface area (Å²) in [4.78, 5) is 1.31. The summed E-state index contributed by atoms with van der Waals surface area (Å²) in [5.74, 6) is 1.08. The molecule has 1 aliphatic heterocycles. The van der Waals surface area contributed by atoms with Crippen molar-refractivity contribution in [1.29, 1.82) is 0 Å². The van der Waals surface area contributed by atoms with Crippen molar-refractivity contribution < 1.29 is 8.42 Å². The Morgan fingerprint density at radius 1 is 1.37 bits per heavy atom. The fraction of sp³-hybridized carbons (Fsp3) is 0.571. The lowest BCUT2D eigenvalue weighted by Crippen LogP contribution is -2.43. The normalized spacial score (nSPS) is 20.1. The van der Waals surface area contributed by atoms with Gasteiger partial charge in [-0.3, -0.25) is 0 Å². The zero-order valence-electron chi connectivity index (χ0n) is 11.6. The molecule has 0 amide bonds. The van der Waals surface area contributed by atoms with Crippen LogP contribution in [0.5, 0.6) is 0 Å².